The number of hydrogen-bond donors (Lipinski definition) is 1. The Bertz CT molecular complexity index is 345. The molecule has 0 radical (unpaired) electrons. The Labute approximate surface area is 124 Å². The SMILES string of the molecule is CCc1ccc(C(CC)NCCOCCC(C)C)cc1. The molecule has 2 heteroatoms. The number of rotatable bonds is 10. The standard InChI is InChI=1S/C18H31NO/c1-5-16-7-9-17(10-8-16)18(6-2)19-12-14-20-13-11-15(3)4/h7-10,15,18-19H,5-6,11-14H2,1-4H3. The molecular weight excluding hydrogens is 246 g/mol. The average molecular weight is 277 g/mol. The summed E-state index contributed by atoms with van der Waals surface area (Å²) in [5.74, 6) is 0.725. The van der Waals surface area contributed by atoms with Crippen molar-refractivity contribution in [2.24, 2.45) is 5.92 Å². The van der Waals surface area contributed by atoms with E-state index >= 15 is 0 Å². The number of nitrogens with one attached hydrogen (secondary N) is 1. The third-order valence-corrected chi connectivity index (χ3v) is 3.68. The summed E-state index contributed by atoms with van der Waals surface area (Å²) in [6, 6.07) is 9.41. The van der Waals surface area contributed by atoms with E-state index in [9.17, 15) is 0 Å². The second-order valence-corrected chi connectivity index (χ2v) is 5.80. The van der Waals surface area contributed by atoms with Crippen LogP contribution in [0.3, 0.4) is 0 Å². The summed E-state index contributed by atoms with van der Waals surface area (Å²) in [5, 5.41) is 3.59. The van der Waals surface area contributed by atoms with Crippen molar-refractivity contribution in [1.82, 2.24) is 5.32 Å². The zero-order valence-corrected chi connectivity index (χ0v) is 13.6. The highest BCUT2D eigenvalue weighted by atomic mass is 16.5. The predicted molar refractivity (Wildman–Crippen MR) is 87.1 cm³/mol. The maximum atomic E-state index is 5.65. The fraction of sp³-hybridized carbons (Fsp3) is 0.667. The van der Waals surface area contributed by atoms with Crippen LogP contribution in [-0.2, 0) is 11.2 Å². The van der Waals surface area contributed by atoms with E-state index in [0.29, 0.717) is 6.04 Å². The van der Waals surface area contributed by atoms with Crippen molar-refractivity contribution in [3.63, 3.8) is 0 Å². The van der Waals surface area contributed by atoms with E-state index in [2.05, 4.69) is 57.3 Å². The molecule has 0 spiro atoms. The Morgan fingerprint density at radius 1 is 1.05 bits per heavy atom. The van der Waals surface area contributed by atoms with Gasteiger partial charge in [0.2, 0.25) is 0 Å². The normalized spacial score (nSPS) is 12.8. The van der Waals surface area contributed by atoms with Gasteiger partial charge in [0.1, 0.15) is 0 Å². The highest BCUT2D eigenvalue weighted by Gasteiger charge is 2.07. The number of aryl methyl sites for hydroxylation is 1. The van der Waals surface area contributed by atoms with Crippen LogP contribution in [0.25, 0.3) is 0 Å². The molecule has 0 aliphatic carbocycles. The van der Waals surface area contributed by atoms with Gasteiger partial charge in [0.15, 0.2) is 0 Å². The largest absolute Gasteiger partial charge is 0.380 e. The smallest absolute Gasteiger partial charge is 0.0591 e. The third-order valence-electron chi connectivity index (χ3n) is 3.68. The first-order chi connectivity index (χ1) is 9.67. The molecule has 0 fully saturated rings. The topological polar surface area (TPSA) is 21.3 Å². The van der Waals surface area contributed by atoms with E-state index in [4.69, 9.17) is 4.74 Å². The zero-order valence-electron chi connectivity index (χ0n) is 13.6. The molecule has 0 amide bonds. The van der Waals surface area contributed by atoms with Crippen LogP contribution in [0.4, 0.5) is 0 Å². The zero-order chi connectivity index (χ0) is 14.8. The summed E-state index contributed by atoms with van der Waals surface area (Å²) in [6.45, 7) is 11.5. The molecular formula is C18H31NO. The van der Waals surface area contributed by atoms with Gasteiger partial charge in [0.05, 0.1) is 6.61 Å². The van der Waals surface area contributed by atoms with Crippen molar-refractivity contribution >= 4 is 0 Å². The van der Waals surface area contributed by atoms with Gasteiger partial charge < -0.3 is 10.1 Å². The molecule has 2 nitrogen and oxygen atoms in total. The summed E-state index contributed by atoms with van der Waals surface area (Å²) in [4.78, 5) is 0. The van der Waals surface area contributed by atoms with Crippen LogP contribution in [0.1, 0.15) is 57.7 Å². The highest BCUT2D eigenvalue weighted by molar-refractivity contribution is 5.24. The number of benzene rings is 1. The van der Waals surface area contributed by atoms with Gasteiger partial charge in [-0.25, -0.2) is 0 Å². The van der Waals surface area contributed by atoms with Crippen molar-refractivity contribution in [3.8, 4) is 0 Å². The molecule has 0 heterocycles. The fourth-order valence-electron chi connectivity index (χ4n) is 2.21. The molecule has 0 saturated heterocycles. The van der Waals surface area contributed by atoms with Crippen LogP contribution in [0.15, 0.2) is 24.3 Å². The van der Waals surface area contributed by atoms with E-state index in [0.717, 1.165) is 44.9 Å². The Hall–Kier alpha value is -0.860. The van der Waals surface area contributed by atoms with Gasteiger partial charge in [-0.2, -0.15) is 0 Å². The quantitative estimate of drug-likeness (QED) is 0.642. The second-order valence-electron chi connectivity index (χ2n) is 5.80. The lowest BCUT2D eigenvalue weighted by molar-refractivity contribution is 0.123. The molecule has 0 aromatic heterocycles. The van der Waals surface area contributed by atoms with Gasteiger partial charge >= 0.3 is 0 Å². The Kier molecular flexibility index (Phi) is 8.56. The predicted octanol–water partition coefficient (Wildman–Crippen LogP) is 4.35. The van der Waals surface area contributed by atoms with Crippen molar-refractivity contribution in [2.75, 3.05) is 19.8 Å². The van der Waals surface area contributed by atoms with Crippen LogP contribution in [0.5, 0.6) is 0 Å². The van der Waals surface area contributed by atoms with E-state index in [1.54, 1.807) is 0 Å². The van der Waals surface area contributed by atoms with Gasteiger partial charge in [0, 0.05) is 19.2 Å². The molecule has 1 atom stereocenters. The Morgan fingerprint density at radius 3 is 2.30 bits per heavy atom. The maximum absolute atomic E-state index is 5.65. The maximum Gasteiger partial charge on any atom is 0.0591 e. The van der Waals surface area contributed by atoms with E-state index in [1.165, 1.54) is 11.1 Å². The molecule has 1 unspecified atom stereocenters. The van der Waals surface area contributed by atoms with Crippen molar-refractivity contribution < 1.29 is 4.74 Å². The summed E-state index contributed by atoms with van der Waals surface area (Å²) in [7, 11) is 0. The minimum Gasteiger partial charge on any atom is -0.380 e. The molecule has 0 aliphatic heterocycles. The van der Waals surface area contributed by atoms with Crippen molar-refractivity contribution in [2.45, 2.75) is 53.0 Å². The lowest BCUT2D eigenvalue weighted by atomic mass is 10.0. The minimum absolute atomic E-state index is 0.439. The lowest BCUT2D eigenvalue weighted by Gasteiger charge is -2.18. The lowest BCUT2D eigenvalue weighted by Crippen LogP contribution is -2.25. The first-order valence-electron chi connectivity index (χ1n) is 8.07. The number of ether oxygens (including phenoxy) is 1. The van der Waals surface area contributed by atoms with Gasteiger partial charge in [-0.3, -0.25) is 0 Å². The first-order valence-corrected chi connectivity index (χ1v) is 8.07. The molecule has 1 aromatic rings. The van der Waals surface area contributed by atoms with Crippen LogP contribution in [0.2, 0.25) is 0 Å². The van der Waals surface area contributed by atoms with Crippen molar-refractivity contribution in [1.29, 1.82) is 0 Å². The van der Waals surface area contributed by atoms with Gasteiger partial charge in [-0.15, -0.1) is 0 Å². The minimum atomic E-state index is 0.439. The first kappa shape index (κ1) is 17.2. The molecule has 0 saturated carbocycles. The number of hydrogen-bond acceptors (Lipinski definition) is 2. The van der Waals surface area contributed by atoms with Crippen LogP contribution in [-0.4, -0.2) is 19.8 Å². The summed E-state index contributed by atoms with van der Waals surface area (Å²) < 4.78 is 5.65. The molecule has 0 aliphatic rings. The average Bonchev–Trinajstić information content (AvgIpc) is 2.46. The van der Waals surface area contributed by atoms with Gasteiger partial charge in [0.25, 0.3) is 0 Å². The van der Waals surface area contributed by atoms with Crippen molar-refractivity contribution in [3.05, 3.63) is 35.4 Å². The van der Waals surface area contributed by atoms with E-state index in [-0.39, 0.29) is 0 Å². The van der Waals surface area contributed by atoms with E-state index < -0.39 is 0 Å². The third kappa shape index (κ3) is 6.53. The van der Waals surface area contributed by atoms with Gasteiger partial charge in [-0.1, -0.05) is 52.0 Å². The summed E-state index contributed by atoms with van der Waals surface area (Å²) >= 11 is 0. The van der Waals surface area contributed by atoms with E-state index in [1.807, 2.05) is 0 Å². The second kappa shape index (κ2) is 9.95. The molecule has 1 N–H and O–H groups in total. The summed E-state index contributed by atoms with van der Waals surface area (Å²) in [6.07, 6.45) is 3.36. The molecule has 1 rings (SSSR count). The van der Waals surface area contributed by atoms with Crippen LogP contribution >= 0.6 is 0 Å². The van der Waals surface area contributed by atoms with Crippen LogP contribution in [0, 0.1) is 5.92 Å². The highest BCUT2D eigenvalue weighted by Crippen LogP contribution is 2.17. The van der Waals surface area contributed by atoms with Gasteiger partial charge in [-0.05, 0) is 36.3 Å². The molecule has 1 aromatic carbocycles. The molecule has 0 bridgehead atoms. The molecule has 20 heavy (non-hydrogen) atoms. The molecule has 114 valence electrons. The summed E-state index contributed by atoms with van der Waals surface area (Å²) in [5.41, 5.74) is 2.78. The Morgan fingerprint density at radius 2 is 1.75 bits per heavy atom. The van der Waals surface area contributed by atoms with Crippen LogP contribution < -0.4 is 5.32 Å². The monoisotopic (exact) mass is 277 g/mol. The fourth-order valence-corrected chi connectivity index (χ4v) is 2.21. The Balaban J connectivity index is 2.28.